The number of benzene rings is 1. The monoisotopic (exact) mass is 257 g/mol. The fourth-order valence-electron chi connectivity index (χ4n) is 1.40. The van der Waals surface area contributed by atoms with Crippen molar-refractivity contribution in [3.05, 3.63) is 34.9 Å². The number of carboxylic acids is 1. The van der Waals surface area contributed by atoms with Gasteiger partial charge in [0.15, 0.2) is 0 Å². The first kappa shape index (κ1) is 14.1. The van der Waals surface area contributed by atoms with Gasteiger partial charge in [-0.25, -0.2) is 13.6 Å². The predicted octanol–water partition coefficient (Wildman–Crippen LogP) is 3.23. The van der Waals surface area contributed by atoms with Crippen molar-refractivity contribution in [1.82, 2.24) is 0 Å². The Morgan fingerprint density at radius 3 is 2.61 bits per heavy atom. The van der Waals surface area contributed by atoms with Gasteiger partial charge in [0, 0.05) is 11.1 Å². The Hall–Kier alpha value is -1.98. The minimum atomic E-state index is -2.75. The molecule has 0 radical (unpaired) electrons. The number of carboxylic acid groups (broad SMARTS) is 1. The van der Waals surface area contributed by atoms with Crippen molar-refractivity contribution >= 4 is 11.7 Å². The van der Waals surface area contributed by atoms with E-state index >= 15 is 0 Å². The molecule has 0 spiro atoms. The first-order chi connectivity index (χ1) is 8.43. The van der Waals surface area contributed by atoms with E-state index in [4.69, 9.17) is 9.94 Å². The molecule has 0 aliphatic rings. The minimum Gasteiger partial charge on any atom is -0.478 e. The maximum atomic E-state index is 12.8. The highest BCUT2D eigenvalue weighted by Gasteiger charge is 2.19. The lowest BCUT2D eigenvalue weighted by molar-refractivity contribution is 0.0686. The summed E-state index contributed by atoms with van der Waals surface area (Å²) in [4.78, 5) is 15.8. The van der Waals surface area contributed by atoms with Crippen molar-refractivity contribution < 1.29 is 23.5 Å². The zero-order valence-corrected chi connectivity index (χ0v) is 9.98. The number of aromatic carboxylic acids is 1. The van der Waals surface area contributed by atoms with E-state index in [1.165, 1.54) is 18.2 Å². The van der Waals surface area contributed by atoms with Crippen molar-refractivity contribution in [2.24, 2.45) is 5.16 Å². The van der Waals surface area contributed by atoms with Crippen LogP contribution in [0.3, 0.4) is 0 Å². The van der Waals surface area contributed by atoms with E-state index in [-0.39, 0.29) is 23.3 Å². The number of nitrogens with zero attached hydrogens (tertiary/aromatic N) is 1. The first-order valence-corrected chi connectivity index (χ1v) is 5.20. The molecule has 0 aliphatic heterocycles. The Morgan fingerprint density at radius 1 is 1.44 bits per heavy atom. The summed E-state index contributed by atoms with van der Waals surface area (Å²) < 4.78 is 25.5. The van der Waals surface area contributed by atoms with E-state index in [0.29, 0.717) is 5.71 Å². The van der Waals surface area contributed by atoms with Gasteiger partial charge in [-0.3, -0.25) is 0 Å². The molecule has 0 bridgehead atoms. The summed E-state index contributed by atoms with van der Waals surface area (Å²) in [6.45, 7) is 3.06. The largest absolute Gasteiger partial charge is 0.478 e. The fraction of sp³-hybridized carbons (Fsp3) is 0.333. The van der Waals surface area contributed by atoms with E-state index in [2.05, 4.69) is 5.16 Å². The van der Waals surface area contributed by atoms with Crippen LogP contribution in [-0.2, 0) is 11.4 Å². The Balaban J connectivity index is 3.11. The summed E-state index contributed by atoms with van der Waals surface area (Å²) in [5, 5.41) is 12.5. The van der Waals surface area contributed by atoms with Crippen LogP contribution in [0.15, 0.2) is 23.4 Å². The summed E-state index contributed by atoms with van der Waals surface area (Å²) in [5.74, 6) is -1.27. The summed E-state index contributed by atoms with van der Waals surface area (Å²) >= 11 is 0. The molecule has 1 N–H and O–H groups in total. The lowest BCUT2D eigenvalue weighted by atomic mass is 10.0. The Bertz CT molecular complexity index is 468. The summed E-state index contributed by atoms with van der Waals surface area (Å²) in [6.07, 6.45) is -2.75. The minimum absolute atomic E-state index is 0.0509. The second kappa shape index (κ2) is 6.09. The van der Waals surface area contributed by atoms with Gasteiger partial charge in [-0.15, -0.1) is 0 Å². The van der Waals surface area contributed by atoms with Gasteiger partial charge >= 0.3 is 5.97 Å². The highest BCUT2D eigenvalue weighted by Crippen LogP contribution is 2.26. The maximum absolute atomic E-state index is 12.8. The van der Waals surface area contributed by atoms with Gasteiger partial charge in [-0.2, -0.15) is 0 Å². The van der Waals surface area contributed by atoms with E-state index in [1.807, 2.05) is 0 Å². The third kappa shape index (κ3) is 3.51. The molecule has 0 heterocycles. The smallest absolute Gasteiger partial charge is 0.336 e. The third-order valence-electron chi connectivity index (χ3n) is 2.13. The molecule has 6 heteroatoms. The van der Waals surface area contributed by atoms with Crippen molar-refractivity contribution in [2.45, 2.75) is 26.9 Å². The van der Waals surface area contributed by atoms with Crippen LogP contribution in [0.1, 0.15) is 41.8 Å². The van der Waals surface area contributed by atoms with Crippen molar-refractivity contribution in [2.75, 3.05) is 0 Å². The number of carbonyl (C=O) groups is 1. The molecule has 4 nitrogen and oxygen atoms in total. The molecule has 0 atom stereocenters. The standard InChI is InChI=1S/C12H13F2NO3/c1-7(2)15-18-6-10-8(11(13)14)4-3-5-9(10)12(16)17/h3-5,11H,6H2,1-2H3,(H,16,17). The van der Waals surface area contributed by atoms with Gasteiger partial charge in [0.05, 0.1) is 11.3 Å². The maximum Gasteiger partial charge on any atom is 0.336 e. The van der Waals surface area contributed by atoms with Gasteiger partial charge in [0.1, 0.15) is 6.61 Å². The van der Waals surface area contributed by atoms with Crippen LogP contribution in [0, 0.1) is 0 Å². The SMILES string of the molecule is CC(C)=NOCc1c(C(=O)O)cccc1C(F)F. The van der Waals surface area contributed by atoms with Crippen molar-refractivity contribution in [3.63, 3.8) is 0 Å². The lowest BCUT2D eigenvalue weighted by Gasteiger charge is -2.11. The number of rotatable bonds is 5. The van der Waals surface area contributed by atoms with Crippen LogP contribution in [0.5, 0.6) is 0 Å². The molecule has 0 aromatic heterocycles. The van der Waals surface area contributed by atoms with Gasteiger partial charge in [-0.05, 0) is 19.9 Å². The molecule has 1 rings (SSSR count). The van der Waals surface area contributed by atoms with Crippen LogP contribution in [-0.4, -0.2) is 16.8 Å². The van der Waals surface area contributed by atoms with E-state index in [0.717, 1.165) is 0 Å². The van der Waals surface area contributed by atoms with Gasteiger partial charge in [-0.1, -0.05) is 17.3 Å². The van der Waals surface area contributed by atoms with Crippen LogP contribution in [0.4, 0.5) is 8.78 Å². The van der Waals surface area contributed by atoms with Crippen LogP contribution < -0.4 is 0 Å². The number of halogens is 2. The molecule has 1 aromatic carbocycles. The second-order valence-corrected chi connectivity index (χ2v) is 3.79. The normalized spacial score (nSPS) is 10.3. The van der Waals surface area contributed by atoms with E-state index in [1.54, 1.807) is 13.8 Å². The first-order valence-electron chi connectivity index (χ1n) is 5.20. The molecular formula is C12H13F2NO3. The highest BCUT2D eigenvalue weighted by molar-refractivity contribution is 5.89. The quantitative estimate of drug-likeness (QED) is 0.650. The topological polar surface area (TPSA) is 58.9 Å². The van der Waals surface area contributed by atoms with Crippen LogP contribution in [0.25, 0.3) is 0 Å². The highest BCUT2D eigenvalue weighted by atomic mass is 19.3. The molecule has 0 unspecified atom stereocenters. The van der Waals surface area contributed by atoms with E-state index in [9.17, 15) is 13.6 Å². The molecule has 0 fully saturated rings. The Morgan fingerprint density at radius 2 is 2.11 bits per heavy atom. The summed E-state index contributed by atoms with van der Waals surface area (Å²) in [5.41, 5.74) is 0.0158. The van der Waals surface area contributed by atoms with Crippen LogP contribution in [0.2, 0.25) is 0 Å². The molecule has 0 amide bonds. The molecule has 0 saturated heterocycles. The van der Waals surface area contributed by atoms with Crippen molar-refractivity contribution in [1.29, 1.82) is 0 Å². The summed E-state index contributed by atoms with van der Waals surface area (Å²) in [7, 11) is 0. The second-order valence-electron chi connectivity index (χ2n) is 3.79. The number of oxime groups is 1. The van der Waals surface area contributed by atoms with E-state index < -0.39 is 12.4 Å². The van der Waals surface area contributed by atoms with Gasteiger partial charge in [0.2, 0.25) is 0 Å². The Labute approximate surface area is 103 Å². The molecule has 18 heavy (non-hydrogen) atoms. The average molecular weight is 257 g/mol. The zero-order valence-electron chi connectivity index (χ0n) is 9.98. The van der Waals surface area contributed by atoms with Crippen molar-refractivity contribution in [3.8, 4) is 0 Å². The Kier molecular flexibility index (Phi) is 4.76. The van der Waals surface area contributed by atoms with Gasteiger partial charge in [0.25, 0.3) is 6.43 Å². The zero-order chi connectivity index (χ0) is 13.7. The van der Waals surface area contributed by atoms with Crippen LogP contribution >= 0.6 is 0 Å². The molecule has 0 saturated carbocycles. The third-order valence-corrected chi connectivity index (χ3v) is 2.13. The fourth-order valence-corrected chi connectivity index (χ4v) is 1.40. The lowest BCUT2D eigenvalue weighted by Crippen LogP contribution is -2.07. The molecule has 1 aromatic rings. The summed E-state index contributed by atoms with van der Waals surface area (Å²) in [6, 6.07) is 3.72. The number of alkyl halides is 2. The molecular weight excluding hydrogens is 244 g/mol. The number of hydrogen-bond donors (Lipinski definition) is 1. The van der Waals surface area contributed by atoms with Gasteiger partial charge < -0.3 is 9.94 Å². The predicted molar refractivity (Wildman–Crippen MR) is 61.9 cm³/mol. The molecule has 98 valence electrons. The number of hydrogen-bond acceptors (Lipinski definition) is 3. The molecule has 0 aliphatic carbocycles. The average Bonchev–Trinajstić information content (AvgIpc) is 2.28.